The first-order chi connectivity index (χ1) is 7.79. The Morgan fingerprint density at radius 3 is 2.56 bits per heavy atom. The highest BCUT2D eigenvalue weighted by Crippen LogP contribution is 2.28. The molecule has 2 nitrogen and oxygen atoms in total. The molecule has 1 heterocycles. The summed E-state index contributed by atoms with van der Waals surface area (Å²) in [5.41, 5.74) is 0. The maximum absolute atomic E-state index is 10.3. The van der Waals surface area contributed by atoms with E-state index in [0.717, 1.165) is 12.5 Å². The molecule has 0 radical (unpaired) electrons. The van der Waals surface area contributed by atoms with Crippen molar-refractivity contribution in [2.75, 3.05) is 19.6 Å². The molecule has 0 aromatic carbocycles. The van der Waals surface area contributed by atoms with Gasteiger partial charge in [-0.3, -0.25) is 0 Å². The fourth-order valence-corrected chi connectivity index (χ4v) is 3.34. The minimum atomic E-state index is -0.0593. The first-order valence-electron chi connectivity index (χ1n) is 7.20. The third-order valence-electron chi connectivity index (χ3n) is 4.59. The molecule has 2 heteroatoms. The minimum absolute atomic E-state index is 0.0593. The third-order valence-corrected chi connectivity index (χ3v) is 4.59. The number of aliphatic hydroxyl groups excluding tert-OH is 1. The van der Waals surface area contributed by atoms with Crippen LogP contribution in [0.2, 0.25) is 0 Å². The normalized spacial score (nSPS) is 30.8. The number of nitrogens with zero attached hydrogens (tertiary/aromatic N) is 1. The molecule has 1 saturated carbocycles. The zero-order valence-corrected chi connectivity index (χ0v) is 10.7. The van der Waals surface area contributed by atoms with Crippen LogP contribution in [0.5, 0.6) is 0 Å². The number of rotatable bonds is 4. The summed E-state index contributed by atoms with van der Waals surface area (Å²) in [5, 5.41) is 10.3. The lowest BCUT2D eigenvalue weighted by atomic mass is 9.85. The van der Waals surface area contributed by atoms with Crippen LogP contribution in [-0.2, 0) is 0 Å². The second kappa shape index (κ2) is 6.02. The number of hydrogen-bond donors (Lipinski definition) is 1. The minimum Gasteiger partial charge on any atom is -0.392 e. The van der Waals surface area contributed by atoms with Crippen molar-refractivity contribution < 1.29 is 5.11 Å². The smallest absolute Gasteiger partial charge is 0.0695 e. The Hall–Kier alpha value is -0.0800. The van der Waals surface area contributed by atoms with Gasteiger partial charge in [-0.05, 0) is 37.6 Å². The van der Waals surface area contributed by atoms with Crippen molar-refractivity contribution >= 4 is 0 Å². The van der Waals surface area contributed by atoms with E-state index in [2.05, 4.69) is 11.8 Å². The van der Waals surface area contributed by atoms with Crippen molar-refractivity contribution in [3.63, 3.8) is 0 Å². The molecular formula is C14H27NO. The topological polar surface area (TPSA) is 23.5 Å². The Bertz CT molecular complexity index is 201. The van der Waals surface area contributed by atoms with Crippen molar-refractivity contribution in [3.8, 4) is 0 Å². The molecule has 2 fully saturated rings. The van der Waals surface area contributed by atoms with Crippen LogP contribution in [0.1, 0.15) is 51.9 Å². The van der Waals surface area contributed by atoms with Gasteiger partial charge >= 0.3 is 0 Å². The van der Waals surface area contributed by atoms with E-state index in [1.165, 1.54) is 58.0 Å². The second-order valence-electron chi connectivity index (χ2n) is 5.79. The zero-order chi connectivity index (χ0) is 11.4. The van der Waals surface area contributed by atoms with E-state index in [0.29, 0.717) is 5.92 Å². The Morgan fingerprint density at radius 2 is 1.94 bits per heavy atom. The van der Waals surface area contributed by atoms with E-state index in [1.54, 1.807) is 0 Å². The van der Waals surface area contributed by atoms with Crippen molar-refractivity contribution in [2.45, 2.75) is 58.0 Å². The van der Waals surface area contributed by atoms with Crippen LogP contribution in [0.4, 0.5) is 0 Å². The Morgan fingerprint density at radius 1 is 1.19 bits per heavy atom. The third kappa shape index (κ3) is 3.21. The fraction of sp³-hybridized carbons (Fsp3) is 1.00. The number of aliphatic hydroxyl groups is 1. The number of hydrogen-bond acceptors (Lipinski definition) is 2. The van der Waals surface area contributed by atoms with Gasteiger partial charge in [0, 0.05) is 13.1 Å². The summed E-state index contributed by atoms with van der Waals surface area (Å²) in [6.45, 7) is 5.65. The quantitative estimate of drug-likeness (QED) is 0.795. The molecule has 0 amide bonds. The lowest BCUT2D eigenvalue weighted by molar-refractivity contribution is 0.0534. The fourth-order valence-electron chi connectivity index (χ4n) is 3.34. The molecule has 0 bridgehead atoms. The molecule has 1 aliphatic carbocycles. The SMILES string of the molecule is CCC1CCN(CC(O)C2CCCCC2)C1. The Labute approximate surface area is 100 Å². The van der Waals surface area contributed by atoms with Crippen molar-refractivity contribution in [1.29, 1.82) is 0 Å². The molecule has 94 valence electrons. The van der Waals surface area contributed by atoms with E-state index in [1.807, 2.05) is 0 Å². The molecule has 16 heavy (non-hydrogen) atoms. The molecule has 0 aromatic rings. The van der Waals surface area contributed by atoms with Crippen molar-refractivity contribution in [3.05, 3.63) is 0 Å². The monoisotopic (exact) mass is 225 g/mol. The molecule has 0 aromatic heterocycles. The van der Waals surface area contributed by atoms with E-state index in [-0.39, 0.29) is 6.10 Å². The summed E-state index contributed by atoms with van der Waals surface area (Å²) in [4.78, 5) is 2.48. The predicted octanol–water partition coefficient (Wildman–Crippen LogP) is 2.66. The van der Waals surface area contributed by atoms with Gasteiger partial charge in [0.25, 0.3) is 0 Å². The van der Waals surface area contributed by atoms with Gasteiger partial charge in [-0.25, -0.2) is 0 Å². The average Bonchev–Trinajstić information content (AvgIpc) is 2.78. The molecule has 2 rings (SSSR count). The second-order valence-corrected chi connectivity index (χ2v) is 5.79. The van der Waals surface area contributed by atoms with E-state index in [9.17, 15) is 5.11 Å². The summed E-state index contributed by atoms with van der Waals surface area (Å²) in [6.07, 6.45) is 9.14. The van der Waals surface area contributed by atoms with Crippen LogP contribution >= 0.6 is 0 Å². The van der Waals surface area contributed by atoms with Gasteiger partial charge in [-0.15, -0.1) is 0 Å². The van der Waals surface area contributed by atoms with E-state index >= 15 is 0 Å². The summed E-state index contributed by atoms with van der Waals surface area (Å²) < 4.78 is 0. The molecule has 0 spiro atoms. The molecule has 2 atom stereocenters. The average molecular weight is 225 g/mol. The maximum Gasteiger partial charge on any atom is 0.0695 e. The highest BCUT2D eigenvalue weighted by molar-refractivity contribution is 4.80. The van der Waals surface area contributed by atoms with Gasteiger partial charge in [0.05, 0.1) is 6.10 Å². The van der Waals surface area contributed by atoms with Crippen molar-refractivity contribution in [2.24, 2.45) is 11.8 Å². The molecule has 2 aliphatic rings. The van der Waals surface area contributed by atoms with Gasteiger partial charge in [0.2, 0.25) is 0 Å². The first kappa shape index (κ1) is 12.4. The van der Waals surface area contributed by atoms with Crippen LogP contribution < -0.4 is 0 Å². The number of β-amino-alcohol motifs (C(OH)–C–C–N with tert-alkyl or cyclic N) is 1. The molecule has 1 aliphatic heterocycles. The summed E-state index contributed by atoms with van der Waals surface area (Å²) >= 11 is 0. The summed E-state index contributed by atoms with van der Waals surface area (Å²) in [6, 6.07) is 0. The van der Waals surface area contributed by atoms with Gasteiger partial charge in [0.1, 0.15) is 0 Å². The van der Waals surface area contributed by atoms with Crippen molar-refractivity contribution in [1.82, 2.24) is 4.90 Å². The Kier molecular flexibility index (Phi) is 4.66. The van der Waals surface area contributed by atoms with Crippen LogP contribution in [-0.4, -0.2) is 35.7 Å². The van der Waals surface area contributed by atoms with Crippen LogP contribution in [0.25, 0.3) is 0 Å². The molecule has 2 unspecified atom stereocenters. The summed E-state index contributed by atoms with van der Waals surface area (Å²) in [5.74, 6) is 1.48. The largest absolute Gasteiger partial charge is 0.392 e. The highest BCUT2D eigenvalue weighted by Gasteiger charge is 2.27. The van der Waals surface area contributed by atoms with Gasteiger partial charge in [-0.2, -0.15) is 0 Å². The highest BCUT2D eigenvalue weighted by atomic mass is 16.3. The first-order valence-corrected chi connectivity index (χ1v) is 7.20. The molecular weight excluding hydrogens is 198 g/mol. The summed E-state index contributed by atoms with van der Waals surface area (Å²) in [7, 11) is 0. The predicted molar refractivity (Wildman–Crippen MR) is 67.4 cm³/mol. The lowest BCUT2D eigenvalue weighted by Crippen LogP contribution is -2.36. The Balaban J connectivity index is 1.72. The van der Waals surface area contributed by atoms with E-state index in [4.69, 9.17) is 0 Å². The van der Waals surface area contributed by atoms with Crippen LogP contribution in [0.3, 0.4) is 0 Å². The van der Waals surface area contributed by atoms with Crippen LogP contribution in [0, 0.1) is 11.8 Å². The zero-order valence-electron chi connectivity index (χ0n) is 10.7. The lowest BCUT2D eigenvalue weighted by Gasteiger charge is -2.29. The molecule has 1 saturated heterocycles. The van der Waals surface area contributed by atoms with Gasteiger partial charge in [0.15, 0.2) is 0 Å². The standard InChI is InChI=1S/C14H27NO/c1-2-12-8-9-15(10-12)11-14(16)13-6-4-3-5-7-13/h12-14,16H,2-11H2,1H3. The van der Waals surface area contributed by atoms with Gasteiger partial charge in [-0.1, -0.05) is 32.6 Å². The number of likely N-dealkylation sites (tertiary alicyclic amines) is 1. The van der Waals surface area contributed by atoms with E-state index < -0.39 is 0 Å². The molecule has 1 N–H and O–H groups in total. The maximum atomic E-state index is 10.3. The van der Waals surface area contributed by atoms with Crippen LogP contribution in [0.15, 0.2) is 0 Å². The van der Waals surface area contributed by atoms with Gasteiger partial charge < -0.3 is 10.0 Å².